The SMILES string of the molecule is CCN1CC2(CCN(Cc3nc4ccccc4nc3C)CC2)CC1=O. The van der Waals surface area contributed by atoms with Crippen LogP contribution in [-0.4, -0.2) is 51.9 Å². The van der Waals surface area contributed by atoms with Crippen molar-refractivity contribution in [2.75, 3.05) is 26.2 Å². The van der Waals surface area contributed by atoms with Crippen molar-refractivity contribution in [3.8, 4) is 0 Å². The van der Waals surface area contributed by atoms with Gasteiger partial charge in [-0.1, -0.05) is 12.1 Å². The standard InChI is InChI=1S/C20H26N4O/c1-3-24-14-20(12-19(24)25)8-10-23(11-9-20)13-18-15(2)21-16-6-4-5-7-17(16)22-18/h4-7H,3,8-14H2,1-2H3. The first-order valence-electron chi connectivity index (χ1n) is 9.31. The fourth-order valence-electron chi connectivity index (χ4n) is 4.28. The maximum atomic E-state index is 12.1. The first-order chi connectivity index (χ1) is 12.1. The number of para-hydroxylation sites is 2. The van der Waals surface area contributed by atoms with Gasteiger partial charge in [-0.25, -0.2) is 9.97 Å². The van der Waals surface area contributed by atoms with E-state index in [1.807, 2.05) is 29.2 Å². The van der Waals surface area contributed by atoms with Crippen LogP contribution in [0.4, 0.5) is 0 Å². The smallest absolute Gasteiger partial charge is 0.223 e. The quantitative estimate of drug-likeness (QED) is 0.863. The van der Waals surface area contributed by atoms with E-state index in [1.54, 1.807) is 0 Å². The third kappa shape index (κ3) is 3.13. The Balaban J connectivity index is 1.44. The average Bonchev–Trinajstić information content (AvgIpc) is 2.93. The van der Waals surface area contributed by atoms with Crippen molar-refractivity contribution in [3.05, 3.63) is 35.7 Å². The normalized spacial score (nSPS) is 20.7. The van der Waals surface area contributed by atoms with Crippen molar-refractivity contribution in [3.63, 3.8) is 0 Å². The number of aromatic nitrogens is 2. The molecule has 2 aromatic rings. The Bertz CT molecular complexity index is 795. The Hall–Kier alpha value is -2.01. The number of hydrogen-bond acceptors (Lipinski definition) is 4. The molecule has 25 heavy (non-hydrogen) atoms. The number of hydrogen-bond donors (Lipinski definition) is 0. The summed E-state index contributed by atoms with van der Waals surface area (Å²) in [5, 5.41) is 0. The number of carbonyl (C=O) groups is 1. The van der Waals surface area contributed by atoms with Crippen LogP contribution in [-0.2, 0) is 11.3 Å². The number of piperidine rings is 1. The second-order valence-corrected chi connectivity index (χ2v) is 7.61. The summed E-state index contributed by atoms with van der Waals surface area (Å²) in [6, 6.07) is 8.06. The van der Waals surface area contributed by atoms with Gasteiger partial charge in [0, 0.05) is 26.1 Å². The Labute approximate surface area is 149 Å². The minimum absolute atomic E-state index is 0.216. The van der Waals surface area contributed by atoms with Crippen LogP contribution in [0.1, 0.15) is 37.6 Å². The highest BCUT2D eigenvalue weighted by atomic mass is 16.2. The number of fused-ring (bicyclic) bond motifs is 1. The van der Waals surface area contributed by atoms with E-state index in [0.29, 0.717) is 5.91 Å². The van der Waals surface area contributed by atoms with Crippen molar-refractivity contribution in [1.29, 1.82) is 0 Å². The Morgan fingerprint density at radius 1 is 1.12 bits per heavy atom. The molecule has 2 saturated heterocycles. The van der Waals surface area contributed by atoms with Crippen LogP contribution in [0.5, 0.6) is 0 Å². The van der Waals surface area contributed by atoms with E-state index in [0.717, 1.165) is 74.4 Å². The van der Waals surface area contributed by atoms with Gasteiger partial charge < -0.3 is 4.90 Å². The summed E-state index contributed by atoms with van der Waals surface area (Å²) in [6.07, 6.45) is 2.95. The van der Waals surface area contributed by atoms with E-state index in [9.17, 15) is 4.79 Å². The van der Waals surface area contributed by atoms with Gasteiger partial charge in [-0.15, -0.1) is 0 Å². The number of rotatable bonds is 3. The summed E-state index contributed by atoms with van der Waals surface area (Å²) in [7, 11) is 0. The highest BCUT2D eigenvalue weighted by molar-refractivity contribution is 5.79. The van der Waals surface area contributed by atoms with Crippen molar-refractivity contribution in [2.24, 2.45) is 5.41 Å². The second-order valence-electron chi connectivity index (χ2n) is 7.61. The largest absolute Gasteiger partial charge is 0.342 e. The minimum atomic E-state index is 0.216. The molecular formula is C20H26N4O. The molecule has 0 atom stereocenters. The molecule has 0 bridgehead atoms. The molecule has 0 aliphatic carbocycles. The zero-order valence-electron chi connectivity index (χ0n) is 15.2. The number of carbonyl (C=O) groups excluding carboxylic acids is 1. The van der Waals surface area contributed by atoms with E-state index < -0.39 is 0 Å². The molecule has 0 radical (unpaired) electrons. The lowest BCUT2D eigenvalue weighted by atomic mass is 9.77. The van der Waals surface area contributed by atoms with Crippen LogP contribution < -0.4 is 0 Å². The molecule has 4 rings (SSSR count). The molecule has 1 aromatic carbocycles. The summed E-state index contributed by atoms with van der Waals surface area (Å²) < 4.78 is 0. The van der Waals surface area contributed by atoms with E-state index in [1.165, 1.54) is 0 Å². The van der Waals surface area contributed by atoms with Gasteiger partial charge in [0.1, 0.15) is 0 Å². The van der Waals surface area contributed by atoms with Crippen molar-refractivity contribution < 1.29 is 4.79 Å². The van der Waals surface area contributed by atoms with Crippen LogP contribution in [0.3, 0.4) is 0 Å². The van der Waals surface area contributed by atoms with Gasteiger partial charge in [-0.2, -0.15) is 0 Å². The van der Waals surface area contributed by atoms with Crippen LogP contribution >= 0.6 is 0 Å². The van der Waals surface area contributed by atoms with E-state index in [4.69, 9.17) is 9.97 Å². The lowest BCUT2D eigenvalue weighted by Crippen LogP contribution is -2.41. The zero-order chi connectivity index (χ0) is 17.4. The zero-order valence-corrected chi connectivity index (χ0v) is 15.2. The Morgan fingerprint density at radius 2 is 1.80 bits per heavy atom. The van der Waals surface area contributed by atoms with Crippen LogP contribution in [0.2, 0.25) is 0 Å². The summed E-state index contributed by atoms with van der Waals surface area (Å²) in [5.41, 5.74) is 4.25. The fourth-order valence-corrected chi connectivity index (χ4v) is 4.28. The highest BCUT2D eigenvalue weighted by Crippen LogP contribution is 2.41. The van der Waals surface area contributed by atoms with Crippen molar-refractivity contribution in [1.82, 2.24) is 19.8 Å². The molecule has 2 aliphatic heterocycles. The molecular weight excluding hydrogens is 312 g/mol. The van der Waals surface area contributed by atoms with Crippen molar-refractivity contribution >= 4 is 16.9 Å². The lowest BCUT2D eigenvalue weighted by Gasteiger charge is -2.38. The van der Waals surface area contributed by atoms with E-state index >= 15 is 0 Å². The number of aryl methyl sites for hydroxylation is 1. The molecule has 0 unspecified atom stereocenters. The van der Waals surface area contributed by atoms with Gasteiger partial charge >= 0.3 is 0 Å². The summed E-state index contributed by atoms with van der Waals surface area (Å²) in [5.74, 6) is 0.340. The lowest BCUT2D eigenvalue weighted by molar-refractivity contribution is -0.127. The van der Waals surface area contributed by atoms with Gasteiger partial charge in [0.25, 0.3) is 0 Å². The van der Waals surface area contributed by atoms with Gasteiger partial charge in [0.15, 0.2) is 0 Å². The molecule has 1 amide bonds. The van der Waals surface area contributed by atoms with E-state index in [-0.39, 0.29) is 5.41 Å². The third-order valence-electron chi connectivity index (χ3n) is 5.92. The van der Waals surface area contributed by atoms with E-state index in [2.05, 4.69) is 18.7 Å². The number of likely N-dealkylation sites (tertiary alicyclic amines) is 2. The maximum absolute atomic E-state index is 12.1. The van der Waals surface area contributed by atoms with Crippen LogP contribution in [0.15, 0.2) is 24.3 Å². The molecule has 1 aromatic heterocycles. The molecule has 0 saturated carbocycles. The van der Waals surface area contributed by atoms with Gasteiger partial charge in [-0.3, -0.25) is 9.69 Å². The third-order valence-corrected chi connectivity index (χ3v) is 5.92. The topological polar surface area (TPSA) is 49.3 Å². The minimum Gasteiger partial charge on any atom is -0.342 e. The van der Waals surface area contributed by atoms with Gasteiger partial charge in [0.05, 0.1) is 22.4 Å². The summed E-state index contributed by atoms with van der Waals surface area (Å²) >= 11 is 0. The molecule has 3 heterocycles. The predicted octanol–water partition coefficient (Wildman–Crippen LogP) is 2.77. The maximum Gasteiger partial charge on any atom is 0.223 e. The molecule has 2 fully saturated rings. The Kier molecular flexibility index (Phi) is 4.20. The molecule has 5 heteroatoms. The molecule has 5 nitrogen and oxygen atoms in total. The second kappa shape index (κ2) is 6.37. The fraction of sp³-hybridized carbons (Fsp3) is 0.550. The summed E-state index contributed by atoms with van der Waals surface area (Å²) in [6.45, 7) is 8.85. The van der Waals surface area contributed by atoms with Crippen LogP contribution in [0, 0.1) is 12.3 Å². The predicted molar refractivity (Wildman–Crippen MR) is 98.1 cm³/mol. The first-order valence-corrected chi connectivity index (χ1v) is 9.31. The van der Waals surface area contributed by atoms with Gasteiger partial charge in [-0.05, 0) is 57.3 Å². The Morgan fingerprint density at radius 3 is 2.44 bits per heavy atom. The molecule has 2 aliphatic rings. The highest BCUT2D eigenvalue weighted by Gasteiger charge is 2.44. The monoisotopic (exact) mass is 338 g/mol. The number of nitrogens with zero attached hydrogens (tertiary/aromatic N) is 4. The molecule has 0 N–H and O–H groups in total. The average molecular weight is 338 g/mol. The molecule has 132 valence electrons. The molecule has 1 spiro atoms. The van der Waals surface area contributed by atoms with Gasteiger partial charge in [0.2, 0.25) is 5.91 Å². The van der Waals surface area contributed by atoms with Crippen LogP contribution in [0.25, 0.3) is 11.0 Å². The number of benzene rings is 1. The summed E-state index contributed by atoms with van der Waals surface area (Å²) in [4.78, 5) is 26.1. The number of amides is 1. The first kappa shape index (κ1) is 16.5. The van der Waals surface area contributed by atoms with Crippen molar-refractivity contribution in [2.45, 2.75) is 39.7 Å².